The highest BCUT2D eigenvalue weighted by atomic mass is 32.1. The maximum atomic E-state index is 12.2. The number of piperidine rings is 1. The first kappa shape index (κ1) is 15.7. The Morgan fingerprint density at radius 3 is 2.86 bits per heavy atom. The van der Waals surface area contributed by atoms with Crippen molar-refractivity contribution in [3.8, 4) is 0 Å². The molecule has 2 saturated heterocycles. The van der Waals surface area contributed by atoms with E-state index in [0.717, 1.165) is 44.2 Å². The lowest BCUT2D eigenvalue weighted by Gasteiger charge is -2.41. The Hall–Kier alpha value is -1.14. The van der Waals surface area contributed by atoms with Gasteiger partial charge in [-0.05, 0) is 32.7 Å². The summed E-state index contributed by atoms with van der Waals surface area (Å²) in [6.07, 6.45) is 3.58. The fourth-order valence-electron chi connectivity index (χ4n) is 3.86. The molecule has 1 atom stereocenters. The van der Waals surface area contributed by atoms with E-state index in [9.17, 15) is 4.79 Å². The summed E-state index contributed by atoms with van der Waals surface area (Å²) in [5, 5.41) is 3.31. The standard InChI is InChI=1S/C16H26N4OS/c1-13-17-14(10-22-13)9-19-8-6-16(11-19)5-4-7-20(12-16)15(21)18(2)3/h10H,4-9,11-12H2,1-3H3. The predicted octanol–water partition coefficient (Wildman–Crippen LogP) is 2.42. The van der Waals surface area contributed by atoms with Gasteiger partial charge in [0.25, 0.3) is 0 Å². The minimum atomic E-state index is 0.160. The fraction of sp³-hybridized carbons (Fsp3) is 0.750. The third-order valence-corrected chi connectivity index (χ3v) is 5.71. The number of hydrogen-bond acceptors (Lipinski definition) is 4. The van der Waals surface area contributed by atoms with Crippen LogP contribution >= 0.6 is 11.3 Å². The van der Waals surface area contributed by atoms with Crippen LogP contribution in [-0.4, -0.2) is 66.0 Å². The fourth-order valence-corrected chi connectivity index (χ4v) is 4.46. The molecule has 2 aliphatic heterocycles. The van der Waals surface area contributed by atoms with Gasteiger partial charge in [0.2, 0.25) is 0 Å². The Balaban J connectivity index is 1.61. The molecule has 0 bridgehead atoms. The van der Waals surface area contributed by atoms with E-state index in [2.05, 4.69) is 22.2 Å². The lowest BCUT2D eigenvalue weighted by atomic mass is 9.79. The maximum absolute atomic E-state index is 12.2. The van der Waals surface area contributed by atoms with Crippen LogP contribution in [0.3, 0.4) is 0 Å². The summed E-state index contributed by atoms with van der Waals surface area (Å²) in [7, 11) is 3.68. The number of amides is 2. The molecule has 2 aliphatic rings. The lowest BCUT2D eigenvalue weighted by molar-refractivity contribution is 0.0945. The summed E-state index contributed by atoms with van der Waals surface area (Å²) >= 11 is 1.73. The van der Waals surface area contributed by atoms with E-state index in [-0.39, 0.29) is 6.03 Å². The zero-order chi connectivity index (χ0) is 15.7. The summed E-state index contributed by atoms with van der Waals surface area (Å²) in [6, 6.07) is 0.160. The molecular weight excluding hydrogens is 296 g/mol. The summed E-state index contributed by atoms with van der Waals surface area (Å²) in [6.45, 7) is 7.06. The molecule has 0 saturated carbocycles. The Morgan fingerprint density at radius 2 is 2.18 bits per heavy atom. The van der Waals surface area contributed by atoms with Crippen molar-refractivity contribution in [2.75, 3.05) is 40.3 Å². The van der Waals surface area contributed by atoms with Crippen LogP contribution < -0.4 is 0 Å². The molecule has 122 valence electrons. The molecule has 1 spiro atoms. The van der Waals surface area contributed by atoms with Crippen molar-refractivity contribution >= 4 is 17.4 Å². The molecule has 1 aromatic heterocycles. The molecule has 1 unspecified atom stereocenters. The first-order valence-corrected chi connectivity index (χ1v) is 8.95. The van der Waals surface area contributed by atoms with Crippen LogP contribution in [0.5, 0.6) is 0 Å². The summed E-state index contributed by atoms with van der Waals surface area (Å²) in [5.74, 6) is 0. The second-order valence-corrected chi connectivity index (χ2v) is 8.08. The zero-order valence-corrected chi connectivity index (χ0v) is 14.7. The first-order chi connectivity index (χ1) is 10.5. The van der Waals surface area contributed by atoms with E-state index in [1.54, 1.807) is 16.2 Å². The normalized spacial score (nSPS) is 25.9. The van der Waals surface area contributed by atoms with Crippen LogP contribution in [0.2, 0.25) is 0 Å². The van der Waals surface area contributed by atoms with E-state index in [4.69, 9.17) is 0 Å². The zero-order valence-electron chi connectivity index (χ0n) is 13.8. The van der Waals surface area contributed by atoms with Crippen LogP contribution in [0.25, 0.3) is 0 Å². The van der Waals surface area contributed by atoms with E-state index in [1.807, 2.05) is 19.0 Å². The lowest BCUT2D eigenvalue weighted by Crippen LogP contribution is -2.50. The number of thiazole rings is 1. The molecule has 5 nitrogen and oxygen atoms in total. The number of hydrogen-bond donors (Lipinski definition) is 0. The van der Waals surface area contributed by atoms with Crippen molar-refractivity contribution in [3.63, 3.8) is 0 Å². The van der Waals surface area contributed by atoms with Crippen LogP contribution in [0.1, 0.15) is 30.0 Å². The van der Waals surface area contributed by atoms with Gasteiger partial charge in [0, 0.05) is 51.1 Å². The SMILES string of the molecule is Cc1nc(CN2CCC3(CCCN(C(=O)N(C)C)C3)C2)cs1. The number of aromatic nitrogens is 1. The average Bonchev–Trinajstić information content (AvgIpc) is 3.05. The Kier molecular flexibility index (Phi) is 4.41. The number of carbonyl (C=O) groups excluding carboxylic acids is 1. The van der Waals surface area contributed by atoms with E-state index >= 15 is 0 Å². The van der Waals surface area contributed by atoms with Gasteiger partial charge in [-0.15, -0.1) is 11.3 Å². The highest BCUT2D eigenvalue weighted by molar-refractivity contribution is 7.09. The molecular formula is C16H26N4OS. The molecule has 0 radical (unpaired) electrons. The summed E-state index contributed by atoms with van der Waals surface area (Å²) in [4.78, 5) is 23.1. The molecule has 1 aromatic rings. The van der Waals surface area contributed by atoms with Crippen LogP contribution in [-0.2, 0) is 6.54 Å². The van der Waals surface area contributed by atoms with Gasteiger partial charge < -0.3 is 9.80 Å². The van der Waals surface area contributed by atoms with Crippen molar-refractivity contribution in [1.29, 1.82) is 0 Å². The van der Waals surface area contributed by atoms with Crippen molar-refractivity contribution in [2.45, 2.75) is 32.7 Å². The molecule has 3 rings (SSSR count). The number of aryl methyl sites for hydroxylation is 1. The Labute approximate surface area is 136 Å². The van der Waals surface area contributed by atoms with Crippen LogP contribution in [0, 0.1) is 12.3 Å². The van der Waals surface area contributed by atoms with Crippen molar-refractivity contribution < 1.29 is 4.79 Å². The minimum Gasteiger partial charge on any atom is -0.331 e. The minimum absolute atomic E-state index is 0.160. The third kappa shape index (κ3) is 3.27. The van der Waals surface area contributed by atoms with Gasteiger partial charge in [-0.3, -0.25) is 4.90 Å². The van der Waals surface area contributed by atoms with Gasteiger partial charge in [-0.2, -0.15) is 0 Å². The van der Waals surface area contributed by atoms with Gasteiger partial charge in [-0.1, -0.05) is 0 Å². The first-order valence-electron chi connectivity index (χ1n) is 8.07. The van der Waals surface area contributed by atoms with Crippen molar-refractivity contribution in [2.24, 2.45) is 5.41 Å². The Bertz CT molecular complexity index is 544. The van der Waals surface area contributed by atoms with Crippen molar-refractivity contribution in [1.82, 2.24) is 19.7 Å². The van der Waals surface area contributed by atoms with Gasteiger partial charge in [0.15, 0.2) is 0 Å². The largest absolute Gasteiger partial charge is 0.331 e. The number of urea groups is 1. The molecule has 0 aromatic carbocycles. The molecule has 2 fully saturated rings. The van der Waals surface area contributed by atoms with E-state index in [1.165, 1.54) is 18.5 Å². The number of likely N-dealkylation sites (tertiary alicyclic amines) is 2. The monoisotopic (exact) mass is 322 g/mol. The third-order valence-electron chi connectivity index (χ3n) is 4.88. The second kappa shape index (κ2) is 6.16. The number of rotatable bonds is 2. The summed E-state index contributed by atoms with van der Waals surface area (Å²) in [5.41, 5.74) is 1.49. The summed E-state index contributed by atoms with van der Waals surface area (Å²) < 4.78 is 0. The quantitative estimate of drug-likeness (QED) is 0.839. The van der Waals surface area contributed by atoms with Gasteiger partial charge >= 0.3 is 6.03 Å². The second-order valence-electron chi connectivity index (χ2n) is 7.02. The molecule has 0 aliphatic carbocycles. The average molecular weight is 322 g/mol. The molecule has 3 heterocycles. The maximum Gasteiger partial charge on any atom is 0.319 e. The smallest absolute Gasteiger partial charge is 0.319 e. The number of nitrogens with zero attached hydrogens (tertiary/aromatic N) is 4. The van der Waals surface area contributed by atoms with E-state index in [0.29, 0.717) is 5.41 Å². The highest BCUT2D eigenvalue weighted by Gasteiger charge is 2.42. The van der Waals surface area contributed by atoms with Crippen LogP contribution in [0.15, 0.2) is 5.38 Å². The Morgan fingerprint density at radius 1 is 1.36 bits per heavy atom. The number of carbonyl (C=O) groups is 1. The van der Waals surface area contributed by atoms with Crippen LogP contribution in [0.4, 0.5) is 4.79 Å². The van der Waals surface area contributed by atoms with Crippen molar-refractivity contribution in [3.05, 3.63) is 16.1 Å². The molecule has 0 N–H and O–H groups in total. The van der Waals surface area contributed by atoms with Gasteiger partial charge in [0.1, 0.15) is 0 Å². The van der Waals surface area contributed by atoms with Gasteiger partial charge in [0.05, 0.1) is 10.7 Å². The van der Waals surface area contributed by atoms with E-state index < -0.39 is 0 Å². The predicted molar refractivity (Wildman–Crippen MR) is 89.1 cm³/mol. The highest BCUT2D eigenvalue weighted by Crippen LogP contribution is 2.39. The topological polar surface area (TPSA) is 39.7 Å². The molecule has 22 heavy (non-hydrogen) atoms. The molecule has 2 amide bonds. The molecule has 6 heteroatoms. The van der Waals surface area contributed by atoms with Gasteiger partial charge in [-0.25, -0.2) is 9.78 Å².